The van der Waals surface area contributed by atoms with Crippen molar-refractivity contribution >= 4 is 5.91 Å². The molecule has 0 bridgehead atoms. The molecule has 20 heavy (non-hydrogen) atoms. The number of carbonyl (C=O) groups is 1. The Morgan fingerprint density at radius 2 is 2.20 bits per heavy atom. The van der Waals surface area contributed by atoms with Gasteiger partial charge in [0.1, 0.15) is 17.1 Å². The second-order valence-corrected chi connectivity index (χ2v) is 4.87. The second kappa shape index (κ2) is 6.19. The van der Waals surface area contributed by atoms with E-state index in [9.17, 15) is 9.18 Å². The first-order valence-corrected chi connectivity index (χ1v) is 6.55. The van der Waals surface area contributed by atoms with Gasteiger partial charge in [-0.25, -0.2) is 4.39 Å². The number of benzene rings is 1. The van der Waals surface area contributed by atoms with Crippen LogP contribution in [-0.4, -0.2) is 38.3 Å². The maximum atomic E-state index is 13.9. The Balaban J connectivity index is 2.23. The Bertz CT molecular complexity index is 487. The highest BCUT2D eigenvalue weighted by atomic mass is 19.1. The first kappa shape index (κ1) is 14.7. The van der Waals surface area contributed by atoms with E-state index in [1.165, 1.54) is 19.2 Å². The molecule has 0 atom stereocenters. The first-order valence-electron chi connectivity index (χ1n) is 6.55. The van der Waals surface area contributed by atoms with Gasteiger partial charge in [0.15, 0.2) is 0 Å². The Morgan fingerprint density at radius 1 is 1.50 bits per heavy atom. The van der Waals surface area contributed by atoms with E-state index in [2.05, 4.69) is 5.32 Å². The largest absolute Gasteiger partial charge is 0.496 e. The summed E-state index contributed by atoms with van der Waals surface area (Å²) in [4.78, 5) is 12.4. The topological polar surface area (TPSA) is 73.6 Å². The number of carbonyl (C=O) groups excluding carboxylic acids is 1. The molecule has 0 spiro atoms. The monoisotopic (exact) mass is 282 g/mol. The van der Waals surface area contributed by atoms with E-state index in [1.54, 1.807) is 6.07 Å². The van der Waals surface area contributed by atoms with Crippen LogP contribution in [0.3, 0.4) is 0 Å². The number of halogens is 1. The standard InChI is InChI=1S/C14H19FN2O3/c1-19-11-4-2-3-10(15)12(11)13(18)17-14(9-16)5-7-20-8-6-14/h2-4H,5-9,16H2,1H3,(H,17,18). The molecule has 1 aliphatic heterocycles. The fourth-order valence-electron chi connectivity index (χ4n) is 2.34. The molecule has 0 aliphatic carbocycles. The molecule has 3 N–H and O–H groups in total. The van der Waals surface area contributed by atoms with Crippen LogP contribution in [0.4, 0.5) is 4.39 Å². The third kappa shape index (κ3) is 2.91. The summed E-state index contributed by atoms with van der Waals surface area (Å²) >= 11 is 0. The summed E-state index contributed by atoms with van der Waals surface area (Å²) in [6.07, 6.45) is 1.23. The fraction of sp³-hybridized carbons (Fsp3) is 0.500. The lowest BCUT2D eigenvalue weighted by molar-refractivity contribution is 0.0387. The van der Waals surface area contributed by atoms with Gasteiger partial charge >= 0.3 is 0 Å². The van der Waals surface area contributed by atoms with Gasteiger partial charge in [0.05, 0.1) is 12.6 Å². The maximum absolute atomic E-state index is 13.9. The zero-order valence-corrected chi connectivity index (χ0v) is 11.4. The molecule has 1 amide bonds. The number of amides is 1. The number of methoxy groups -OCH3 is 1. The Labute approximate surface area is 117 Å². The quantitative estimate of drug-likeness (QED) is 0.866. The van der Waals surface area contributed by atoms with Crippen molar-refractivity contribution in [3.05, 3.63) is 29.6 Å². The minimum atomic E-state index is -0.610. The average Bonchev–Trinajstić information content (AvgIpc) is 2.47. The number of nitrogens with two attached hydrogens (primary N) is 1. The van der Waals surface area contributed by atoms with E-state index in [1.807, 2.05) is 0 Å². The van der Waals surface area contributed by atoms with Crippen molar-refractivity contribution in [1.29, 1.82) is 0 Å². The second-order valence-electron chi connectivity index (χ2n) is 4.87. The van der Waals surface area contributed by atoms with E-state index in [0.29, 0.717) is 32.6 Å². The molecule has 1 aromatic carbocycles. The lowest BCUT2D eigenvalue weighted by Crippen LogP contribution is -2.56. The normalized spacial score (nSPS) is 17.6. The van der Waals surface area contributed by atoms with Gasteiger partial charge in [0, 0.05) is 19.8 Å². The van der Waals surface area contributed by atoms with Gasteiger partial charge in [-0.2, -0.15) is 0 Å². The summed E-state index contributed by atoms with van der Waals surface area (Å²) in [5.74, 6) is -0.907. The van der Waals surface area contributed by atoms with Crippen molar-refractivity contribution in [2.75, 3.05) is 26.9 Å². The Morgan fingerprint density at radius 3 is 2.80 bits per heavy atom. The van der Waals surface area contributed by atoms with E-state index in [4.69, 9.17) is 15.2 Å². The lowest BCUT2D eigenvalue weighted by Gasteiger charge is -2.37. The summed E-state index contributed by atoms with van der Waals surface area (Å²) in [5.41, 5.74) is 5.15. The van der Waals surface area contributed by atoms with Crippen molar-refractivity contribution < 1.29 is 18.7 Å². The Hall–Kier alpha value is -1.66. The SMILES string of the molecule is COc1cccc(F)c1C(=O)NC1(CN)CCOCC1. The van der Waals surface area contributed by atoms with E-state index in [0.717, 1.165) is 0 Å². The molecule has 110 valence electrons. The molecule has 0 unspecified atom stereocenters. The highest BCUT2D eigenvalue weighted by molar-refractivity contribution is 5.97. The van der Waals surface area contributed by atoms with E-state index in [-0.39, 0.29) is 11.3 Å². The van der Waals surface area contributed by atoms with Crippen LogP contribution in [0.1, 0.15) is 23.2 Å². The summed E-state index contributed by atoms with van der Waals surface area (Å²) in [7, 11) is 1.40. The predicted octanol–water partition coefficient (Wildman–Crippen LogP) is 1.07. The number of rotatable bonds is 4. The van der Waals surface area contributed by atoms with Gasteiger partial charge in [-0.15, -0.1) is 0 Å². The first-order chi connectivity index (χ1) is 9.62. The molecule has 1 saturated heterocycles. The number of nitrogens with one attached hydrogen (secondary N) is 1. The maximum Gasteiger partial charge on any atom is 0.258 e. The van der Waals surface area contributed by atoms with Crippen LogP contribution in [0.5, 0.6) is 5.75 Å². The van der Waals surface area contributed by atoms with Crippen molar-refractivity contribution in [1.82, 2.24) is 5.32 Å². The van der Waals surface area contributed by atoms with Crippen LogP contribution in [0.25, 0.3) is 0 Å². The average molecular weight is 282 g/mol. The van der Waals surface area contributed by atoms with Gasteiger partial charge < -0.3 is 20.5 Å². The van der Waals surface area contributed by atoms with Crippen molar-refractivity contribution in [3.8, 4) is 5.75 Å². The molecule has 1 fully saturated rings. The van der Waals surface area contributed by atoms with Crippen LogP contribution in [-0.2, 0) is 4.74 Å². The molecule has 1 aliphatic rings. The summed E-state index contributed by atoms with van der Waals surface area (Å²) in [6.45, 7) is 1.36. The van der Waals surface area contributed by atoms with Crippen LogP contribution in [0, 0.1) is 5.82 Å². The molecule has 5 nitrogen and oxygen atoms in total. The van der Waals surface area contributed by atoms with Gasteiger partial charge in [-0.05, 0) is 25.0 Å². The lowest BCUT2D eigenvalue weighted by atomic mass is 9.89. The van der Waals surface area contributed by atoms with Crippen molar-refractivity contribution in [3.63, 3.8) is 0 Å². The molecular weight excluding hydrogens is 263 g/mol. The zero-order valence-electron chi connectivity index (χ0n) is 11.4. The molecule has 2 rings (SSSR count). The summed E-state index contributed by atoms with van der Waals surface area (Å²) in [6, 6.07) is 4.28. The summed E-state index contributed by atoms with van der Waals surface area (Å²) in [5, 5.41) is 2.85. The molecule has 0 saturated carbocycles. The third-order valence-electron chi connectivity index (χ3n) is 3.64. The van der Waals surface area contributed by atoms with E-state index < -0.39 is 17.3 Å². The number of hydrogen-bond donors (Lipinski definition) is 2. The minimum Gasteiger partial charge on any atom is -0.496 e. The van der Waals surface area contributed by atoms with Crippen molar-refractivity contribution in [2.24, 2.45) is 5.73 Å². The minimum absolute atomic E-state index is 0.0886. The predicted molar refractivity (Wildman–Crippen MR) is 72.3 cm³/mol. The van der Waals surface area contributed by atoms with Crippen LogP contribution in [0.15, 0.2) is 18.2 Å². The molecule has 1 heterocycles. The summed E-state index contributed by atoms with van der Waals surface area (Å²) < 4.78 is 24.2. The molecule has 0 aromatic heterocycles. The zero-order chi connectivity index (χ0) is 14.6. The van der Waals surface area contributed by atoms with Crippen LogP contribution >= 0.6 is 0 Å². The number of hydrogen-bond acceptors (Lipinski definition) is 4. The Kier molecular flexibility index (Phi) is 4.57. The highest BCUT2D eigenvalue weighted by Gasteiger charge is 2.34. The number of ether oxygens (including phenoxy) is 2. The smallest absolute Gasteiger partial charge is 0.258 e. The van der Waals surface area contributed by atoms with Gasteiger partial charge in [-0.3, -0.25) is 4.79 Å². The van der Waals surface area contributed by atoms with Crippen molar-refractivity contribution in [2.45, 2.75) is 18.4 Å². The third-order valence-corrected chi connectivity index (χ3v) is 3.64. The van der Waals surface area contributed by atoms with Gasteiger partial charge in [0.2, 0.25) is 0 Å². The van der Waals surface area contributed by atoms with E-state index >= 15 is 0 Å². The van der Waals surface area contributed by atoms with Gasteiger partial charge in [0.25, 0.3) is 5.91 Å². The molecular formula is C14H19FN2O3. The molecule has 0 radical (unpaired) electrons. The van der Waals surface area contributed by atoms with Crippen LogP contribution < -0.4 is 15.8 Å². The highest BCUT2D eigenvalue weighted by Crippen LogP contribution is 2.24. The fourth-order valence-corrected chi connectivity index (χ4v) is 2.34. The molecule has 1 aromatic rings. The van der Waals surface area contributed by atoms with Gasteiger partial charge in [-0.1, -0.05) is 6.07 Å². The molecule has 6 heteroatoms. The van der Waals surface area contributed by atoms with Crippen LogP contribution in [0.2, 0.25) is 0 Å².